The van der Waals surface area contributed by atoms with Crippen molar-refractivity contribution in [2.24, 2.45) is 0 Å². The van der Waals surface area contributed by atoms with Gasteiger partial charge in [0, 0.05) is 31.9 Å². The molecule has 20 heavy (non-hydrogen) atoms. The summed E-state index contributed by atoms with van der Waals surface area (Å²) in [5, 5.41) is 2.70. The van der Waals surface area contributed by atoms with Crippen LogP contribution in [0.5, 0.6) is 0 Å². The molecule has 2 amide bonds. The highest BCUT2D eigenvalue weighted by Crippen LogP contribution is 2.16. The number of likely N-dealkylation sites (N-methyl/N-ethyl adjacent to an activating group) is 1. The normalized spacial score (nSPS) is 16.1. The maximum absolute atomic E-state index is 12.1. The third kappa shape index (κ3) is 3.36. The molecule has 0 radical (unpaired) electrons. The number of aryl methyl sites for hydroxylation is 2. The second kappa shape index (κ2) is 6.05. The Bertz CT molecular complexity index is 520. The molecule has 0 unspecified atom stereocenters. The molecule has 1 aromatic rings. The molecule has 0 bridgehead atoms. The van der Waals surface area contributed by atoms with Crippen molar-refractivity contribution < 1.29 is 9.59 Å². The molecule has 1 N–H and O–H groups in total. The summed E-state index contributed by atoms with van der Waals surface area (Å²) in [6.45, 7) is 6.74. The molecule has 2 rings (SSSR count). The molecule has 0 aromatic heterocycles. The van der Waals surface area contributed by atoms with E-state index in [-0.39, 0.29) is 0 Å². The number of benzene rings is 1. The molecule has 5 heteroatoms. The number of hydrogen-bond donors (Lipinski definition) is 1. The lowest BCUT2D eigenvalue weighted by Crippen LogP contribution is -2.50. The van der Waals surface area contributed by atoms with Crippen LogP contribution in [0.15, 0.2) is 18.2 Å². The van der Waals surface area contributed by atoms with E-state index in [2.05, 4.69) is 10.2 Å². The number of carbonyl (C=O) groups excluding carboxylic acids is 2. The fourth-order valence-electron chi connectivity index (χ4n) is 2.28. The molecule has 108 valence electrons. The molecule has 0 spiro atoms. The zero-order valence-corrected chi connectivity index (χ0v) is 12.3. The zero-order valence-electron chi connectivity index (χ0n) is 12.3. The number of nitrogens with one attached hydrogen (secondary N) is 1. The van der Waals surface area contributed by atoms with E-state index in [0.29, 0.717) is 18.8 Å². The Hall–Kier alpha value is -1.88. The summed E-state index contributed by atoms with van der Waals surface area (Å²) in [4.78, 5) is 27.9. The first kappa shape index (κ1) is 14.5. The standard InChI is InChI=1S/C15H21N3O2/c1-11-4-5-13(12(2)10-11)16-14(19)15(20)18-8-6-17(3)7-9-18/h4-5,10H,6-9H2,1-3H3,(H,16,19). The molecule has 1 aromatic carbocycles. The predicted molar refractivity (Wildman–Crippen MR) is 78.6 cm³/mol. The highest BCUT2D eigenvalue weighted by Gasteiger charge is 2.25. The van der Waals surface area contributed by atoms with E-state index in [0.717, 1.165) is 24.2 Å². The Labute approximate surface area is 119 Å². The van der Waals surface area contributed by atoms with Crippen molar-refractivity contribution in [3.05, 3.63) is 29.3 Å². The largest absolute Gasteiger partial charge is 0.332 e. The second-order valence-electron chi connectivity index (χ2n) is 5.37. The fourth-order valence-corrected chi connectivity index (χ4v) is 2.28. The highest BCUT2D eigenvalue weighted by molar-refractivity contribution is 6.39. The minimum Gasteiger partial charge on any atom is -0.332 e. The first-order chi connectivity index (χ1) is 9.47. The van der Waals surface area contributed by atoms with Gasteiger partial charge in [-0.1, -0.05) is 17.7 Å². The van der Waals surface area contributed by atoms with Crippen LogP contribution in [0, 0.1) is 13.8 Å². The third-order valence-corrected chi connectivity index (χ3v) is 3.61. The number of nitrogens with zero attached hydrogens (tertiary/aromatic N) is 2. The molecule has 0 saturated carbocycles. The smallest absolute Gasteiger partial charge is 0.313 e. The van der Waals surface area contributed by atoms with Crippen LogP contribution in [-0.4, -0.2) is 54.8 Å². The second-order valence-corrected chi connectivity index (χ2v) is 5.37. The number of anilines is 1. The number of amides is 2. The van der Waals surface area contributed by atoms with Gasteiger partial charge in [-0.3, -0.25) is 9.59 Å². The van der Waals surface area contributed by atoms with Gasteiger partial charge in [-0.25, -0.2) is 0 Å². The lowest BCUT2D eigenvalue weighted by atomic mass is 10.1. The molecule has 1 aliphatic heterocycles. The maximum atomic E-state index is 12.1. The van der Waals surface area contributed by atoms with E-state index in [1.54, 1.807) is 4.90 Å². The van der Waals surface area contributed by atoms with Gasteiger partial charge in [0.05, 0.1) is 0 Å². The molecule has 1 fully saturated rings. The van der Waals surface area contributed by atoms with E-state index < -0.39 is 11.8 Å². The first-order valence-electron chi connectivity index (χ1n) is 6.83. The number of hydrogen-bond acceptors (Lipinski definition) is 3. The summed E-state index contributed by atoms with van der Waals surface area (Å²) in [5.74, 6) is -1.00. The Morgan fingerprint density at radius 1 is 1.10 bits per heavy atom. The average Bonchev–Trinajstić information content (AvgIpc) is 2.42. The number of carbonyl (C=O) groups is 2. The minimum atomic E-state index is -0.554. The Balaban J connectivity index is 1.99. The van der Waals surface area contributed by atoms with Crippen LogP contribution in [0.4, 0.5) is 5.69 Å². The summed E-state index contributed by atoms with van der Waals surface area (Å²) < 4.78 is 0. The van der Waals surface area contributed by atoms with Gasteiger partial charge in [-0.2, -0.15) is 0 Å². The first-order valence-corrected chi connectivity index (χ1v) is 6.83. The van der Waals surface area contributed by atoms with Crippen molar-refractivity contribution in [2.45, 2.75) is 13.8 Å². The van der Waals surface area contributed by atoms with Gasteiger partial charge < -0.3 is 15.1 Å². The van der Waals surface area contributed by atoms with Crippen LogP contribution >= 0.6 is 0 Å². The molecule has 1 heterocycles. The SMILES string of the molecule is Cc1ccc(NC(=O)C(=O)N2CCN(C)CC2)c(C)c1. The Morgan fingerprint density at radius 2 is 1.75 bits per heavy atom. The lowest BCUT2D eigenvalue weighted by Gasteiger charge is -2.31. The molecular weight excluding hydrogens is 254 g/mol. The van der Waals surface area contributed by atoms with E-state index in [1.807, 2.05) is 39.1 Å². The van der Waals surface area contributed by atoms with Crippen LogP contribution in [0.1, 0.15) is 11.1 Å². The van der Waals surface area contributed by atoms with Gasteiger partial charge >= 0.3 is 11.8 Å². The van der Waals surface area contributed by atoms with Crippen molar-refractivity contribution in [2.75, 3.05) is 38.5 Å². The molecule has 0 aliphatic carbocycles. The Kier molecular flexibility index (Phi) is 4.39. The third-order valence-electron chi connectivity index (χ3n) is 3.61. The van der Waals surface area contributed by atoms with Crippen molar-refractivity contribution in [3.8, 4) is 0 Å². The zero-order chi connectivity index (χ0) is 14.7. The van der Waals surface area contributed by atoms with Crippen LogP contribution in [0.2, 0.25) is 0 Å². The summed E-state index contributed by atoms with van der Waals surface area (Å²) in [6.07, 6.45) is 0. The van der Waals surface area contributed by atoms with Crippen LogP contribution in [0.3, 0.4) is 0 Å². The van der Waals surface area contributed by atoms with Crippen LogP contribution < -0.4 is 5.32 Å². The van der Waals surface area contributed by atoms with Crippen LogP contribution in [-0.2, 0) is 9.59 Å². The molecule has 1 saturated heterocycles. The van der Waals surface area contributed by atoms with Gasteiger partial charge in [0.25, 0.3) is 0 Å². The van der Waals surface area contributed by atoms with E-state index in [9.17, 15) is 9.59 Å². The molecule has 5 nitrogen and oxygen atoms in total. The average molecular weight is 275 g/mol. The van der Waals surface area contributed by atoms with Gasteiger partial charge in [0.2, 0.25) is 0 Å². The fraction of sp³-hybridized carbons (Fsp3) is 0.467. The predicted octanol–water partition coefficient (Wildman–Crippen LogP) is 1.02. The van der Waals surface area contributed by atoms with E-state index in [1.165, 1.54) is 0 Å². The molecule has 1 aliphatic rings. The lowest BCUT2D eigenvalue weighted by molar-refractivity contribution is -0.144. The van der Waals surface area contributed by atoms with Crippen molar-refractivity contribution in [1.29, 1.82) is 0 Å². The van der Waals surface area contributed by atoms with E-state index in [4.69, 9.17) is 0 Å². The van der Waals surface area contributed by atoms with Gasteiger partial charge in [-0.15, -0.1) is 0 Å². The number of rotatable bonds is 1. The topological polar surface area (TPSA) is 52.7 Å². The molecule has 0 atom stereocenters. The van der Waals surface area contributed by atoms with E-state index >= 15 is 0 Å². The Morgan fingerprint density at radius 3 is 2.35 bits per heavy atom. The minimum absolute atomic E-state index is 0.446. The molecular formula is C15H21N3O2. The van der Waals surface area contributed by atoms with Crippen LogP contribution in [0.25, 0.3) is 0 Å². The summed E-state index contributed by atoms with van der Waals surface area (Å²) in [7, 11) is 2.01. The maximum Gasteiger partial charge on any atom is 0.313 e. The highest BCUT2D eigenvalue weighted by atomic mass is 16.2. The summed E-state index contributed by atoms with van der Waals surface area (Å²) in [6, 6.07) is 5.73. The number of piperazine rings is 1. The monoisotopic (exact) mass is 275 g/mol. The summed E-state index contributed by atoms with van der Waals surface area (Å²) >= 11 is 0. The van der Waals surface area contributed by atoms with Crippen molar-refractivity contribution in [1.82, 2.24) is 9.80 Å². The van der Waals surface area contributed by atoms with Crippen molar-refractivity contribution in [3.63, 3.8) is 0 Å². The van der Waals surface area contributed by atoms with Gasteiger partial charge in [0.15, 0.2) is 0 Å². The quantitative estimate of drug-likeness (QED) is 0.778. The summed E-state index contributed by atoms with van der Waals surface area (Å²) in [5.41, 5.74) is 2.79. The van der Waals surface area contributed by atoms with Gasteiger partial charge in [-0.05, 0) is 32.5 Å². The van der Waals surface area contributed by atoms with Crippen molar-refractivity contribution >= 4 is 17.5 Å². The van der Waals surface area contributed by atoms with Gasteiger partial charge in [0.1, 0.15) is 0 Å².